The number of halogens is 1. The number of anilines is 1. The molecular weight excluding hydrogens is 327 g/mol. The Balaban J connectivity index is 1.55. The molecule has 0 amide bonds. The van der Waals surface area contributed by atoms with Crippen LogP contribution < -0.4 is 4.90 Å². The highest BCUT2D eigenvalue weighted by atomic mass is 19.1. The van der Waals surface area contributed by atoms with Crippen LogP contribution in [-0.4, -0.2) is 43.6 Å². The summed E-state index contributed by atoms with van der Waals surface area (Å²) in [5.74, 6) is 0.270. The number of hydrogen-bond donors (Lipinski definition) is 1. The van der Waals surface area contributed by atoms with Crippen molar-refractivity contribution in [3.05, 3.63) is 47.6 Å². The summed E-state index contributed by atoms with van der Waals surface area (Å²) in [6.07, 6.45) is 3.36. The Morgan fingerprint density at radius 2 is 2.24 bits per heavy atom. The molecule has 0 radical (unpaired) electrons. The number of hydrogen-bond acceptors (Lipinski definition) is 7. The average molecular weight is 344 g/mol. The van der Waals surface area contributed by atoms with Crippen LogP contribution in [-0.2, 0) is 6.54 Å². The van der Waals surface area contributed by atoms with Crippen molar-refractivity contribution < 1.29 is 14.0 Å². The summed E-state index contributed by atoms with van der Waals surface area (Å²) in [6.45, 7) is 1.89. The predicted molar refractivity (Wildman–Crippen MR) is 85.7 cm³/mol. The molecule has 8 nitrogen and oxygen atoms in total. The van der Waals surface area contributed by atoms with Gasteiger partial charge in [0, 0.05) is 31.1 Å². The van der Waals surface area contributed by atoms with Crippen LogP contribution in [0.3, 0.4) is 0 Å². The number of tetrazole rings is 1. The van der Waals surface area contributed by atoms with Crippen molar-refractivity contribution in [2.45, 2.75) is 25.3 Å². The lowest BCUT2D eigenvalue weighted by molar-refractivity contribution is 0.407. The fraction of sp³-hybridized carbons (Fsp3) is 0.375. The molecule has 1 N–H and O–H groups in total. The Morgan fingerprint density at radius 3 is 3.04 bits per heavy atom. The summed E-state index contributed by atoms with van der Waals surface area (Å²) in [5.41, 5.74) is 1.52. The molecule has 1 fully saturated rings. The largest absolute Gasteiger partial charge is 0.508 e. The number of phenolic OH excluding ortho intramolecular Hbond substituents is 1. The van der Waals surface area contributed by atoms with E-state index in [0.29, 0.717) is 19.0 Å². The molecule has 1 aromatic carbocycles. The van der Waals surface area contributed by atoms with E-state index >= 15 is 0 Å². The van der Waals surface area contributed by atoms with Crippen molar-refractivity contribution in [1.29, 1.82) is 0 Å². The van der Waals surface area contributed by atoms with Gasteiger partial charge in [0.15, 0.2) is 0 Å². The second kappa shape index (κ2) is 6.50. The van der Waals surface area contributed by atoms with Crippen LogP contribution in [0.4, 0.5) is 10.3 Å². The van der Waals surface area contributed by atoms with Gasteiger partial charge in [-0.25, -0.2) is 9.07 Å². The number of aromatic hydroxyl groups is 1. The first-order valence-electron chi connectivity index (χ1n) is 8.09. The fourth-order valence-electron chi connectivity index (χ4n) is 3.26. The average Bonchev–Trinajstić information content (AvgIpc) is 3.26. The van der Waals surface area contributed by atoms with E-state index in [2.05, 4.69) is 25.6 Å². The number of aromatic nitrogens is 5. The van der Waals surface area contributed by atoms with E-state index in [1.54, 1.807) is 16.8 Å². The van der Waals surface area contributed by atoms with Crippen molar-refractivity contribution in [3.63, 3.8) is 0 Å². The molecule has 3 heterocycles. The molecule has 0 spiro atoms. The number of piperidine rings is 1. The lowest BCUT2D eigenvalue weighted by Crippen LogP contribution is -2.36. The zero-order valence-electron chi connectivity index (χ0n) is 13.4. The van der Waals surface area contributed by atoms with Gasteiger partial charge in [-0.3, -0.25) is 0 Å². The summed E-state index contributed by atoms with van der Waals surface area (Å²) in [4.78, 5) is 2.08. The summed E-state index contributed by atoms with van der Waals surface area (Å²) in [7, 11) is 0. The maximum atomic E-state index is 13.6. The molecule has 25 heavy (non-hydrogen) atoms. The Labute approximate surface area is 142 Å². The van der Waals surface area contributed by atoms with Crippen LogP contribution in [0.2, 0.25) is 0 Å². The summed E-state index contributed by atoms with van der Waals surface area (Å²) in [6, 6.07) is 5.98. The summed E-state index contributed by atoms with van der Waals surface area (Å²) < 4.78 is 20.1. The minimum Gasteiger partial charge on any atom is -0.508 e. The smallest absolute Gasteiger partial charge is 0.245 e. The third-order valence-electron chi connectivity index (χ3n) is 4.40. The van der Waals surface area contributed by atoms with E-state index in [4.69, 9.17) is 4.52 Å². The van der Waals surface area contributed by atoms with Gasteiger partial charge in [0.2, 0.25) is 5.95 Å². The quantitative estimate of drug-likeness (QED) is 0.773. The van der Waals surface area contributed by atoms with Crippen LogP contribution in [0.15, 0.2) is 35.1 Å². The highest BCUT2D eigenvalue weighted by Crippen LogP contribution is 2.31. The summed E-state index contributed by atoms with van der Waals surface area (Å²) >= 11 is 0. The van der Waals surface area contributed by atoms with Gasteiger partial charge in [-0.2, -0.15) is 0 Å². The van der Waals surface area contributed by atoms with E-state index < -0.39 is 5.82 Å². The molecule has 2 aromatic heterocycles. The number of nitrogens with zero attached hydrogens (tertiary/aromatic N) is 6. The lowest BCUT2D eigenvalue weighted by Gasteiger charge is -2.33. The first-order valence-corrected chi connectivity index (χ1v) is 8.09. The lowest BCUT2D eigenvalue weighted by atomic mass is 9.90. The van der Waals surface area contributed by atoms with Gasteiger partial charge in [-0.1, -0.05) is 10.3 Å². The number of rotatable bonds is 4. The molecule has 1 atom stereocenters. The van der Waals surface area contributed by atoms with E-state index in [-0.39, 0.29) is 11.7 Å². The number of benzene rings is 1. The van der Waals surface area contributed by atoms with Gasteiger partial charge in [0.25, 0.3) is 0 Å². The first kappa shape index (κ1) is 15.6. The molecule has 130 valence electrons. The monoisotopic (exact) mass is 344 g/mol. The van der Waals surface area contributed by atoms with Gasteiger partial charge in [0.1, 0.15) is 23.5 Å². The summed E-state index contributed by atoms with van der Waals surface area (Å²) in [5, 5.41) is 25.5. The maximum absolute atomic E-state index is 13.6. The Morgan fingerprint density at radius 1 is 1.32 bits per heavy atom. The number of phenols is 1. The van der Waals surface area contributed by atoms with Crippen LogP contribution >= 0.6 is 0 Å². The molecule has 3 aromatic rings. The van der Waals surface area contributed by atoms with Crippen molar-refractivity contribution in [2.75, 3.05) is 18.0 Å². The minimum atomic E-state index is -0.428. The fourth-order valence-corrected chi connectivity index (χ4v) is 3.26. The van der Waals surface area contributed by atoms with Crippen LogP contribution in [0, 0.1) is 5.82 Å². The second-order valence-electron chi connectivity index (χ2n) is 6.16. The Kier molecular flexibility index (Phi) is 4.04. The highest BCUT2D eigenvalue weighted by Gasteiger charge is 2.26. The van der Waals surface area contributed by atoms with Crippen molar-refractivity contribution in [1.82, 2.24) is 25.4 Å². The molecular formula is C16H17FN6O2. The minimum absolute atomic E-state index is 0.0528. The predicted octanol–water partition coefficient (Wildman–Crippen LogP) is 1.94. The van der Waals surface area contributed by atoms with Gasteiger partial charge < -0.3 is 14.5 Å². The standard InChI is InChI=1S/C16H17FN6O2/c17-13-6-12(7-15(24)8-13)11-2-1-4-22(9-11)16-18-20-21-23(16)10-14-3-5-25-19-14/h3,5-8,11,24H,1-2,4,9-10H2. The Hall–Kier alpha value is -2.97. The van der Waals surface area contributed by atoms with Gasteiger partial charge in [0.05, 0.1) is 6.54 Å². The zero-order valence-corrected chi connectivity index (χ0v) is 13.4. The molecule has 1 aliphatic rings. The van der Waals surface area contributed by atoms with Crippen molar-refractivity contribution in [3.8, 4) is 5.75 Å². The molecule has 0 saturated carbocycles. The van der Waals surface area contributed by atoms with Crippen LogP contribution in [0.5, 0.6) is 5.75 Å². The van der Waals surface area contributed by atoms with Gasteiger partial charge >= 0.3 is 0 Å². The molecule has 4 rings (SSSR count). The third-order valence-corrected chi connectivity index (χ3v) is 4.40. The third kappa shape index (κ3) is 3.30. The molecule has 1 saturated heterocycles. The normalized spacial score (nSPS) is 17.8. The maximum Gasteiger partial charge on any atom is 0.245 e. The molecule has 0 aliphatic carbocycles. The topological polar surface area (TPSA) is 93.1 Å². The molecule has 1 aliphatic heterocycles. The van der Waals surface area contributed by atoms with Crippen molar-refractivity contribution >= 4 is 5.95 Å². The molecule has 9 heteroatoms. The van der Waals surface area contributed by atoms with E-state index in [1.165, 1.54) is 12.3 Å². The van der Waals surface area contributed by atoms with Crippen LogP contribution in [0.25, 0.3) is 0 Å². The van der Waals surface area contributed by atoms with Crippen LogP contribution in [0.1, 0.15) is 30.0 Å². The Bertz CT molecular complexity index is 830. The highest BCUT2D eigenvalue weighted by molar-refractivity contribution is 5.36. The second-order valence-corrected chi connectivity index (χ2v) is 6.16. The molecule has 0 bridgehead atoms. The molecule has 1 unspecified atom stereocenters. The van der Waals surface area contributed by atoms with E-state index in [0.717, 1.165) is 36.7 Å². The van der Waals surface area contributed by atoms with Gasteiger partial charge in [-0.05, 0) is 41.0 Å². The SMILES string of the molecule is Oc1cc(F)cc(C2CCCN(c3nnnn3Cc3ccon3)C2)c1. The van der Waals surface area contributed by atoms with E-state index in [1.807, 2.05) is 0 Å². The van der Waals surface area contributed by atoms with E-state index in [9.17, 15) is 9.50 Å². The van der Waals surface area contributed by atoms with Crippen molar-refractivity contribution in [2.24, 2.45) is 0 Å². The zero-order chi connectivity index (χ0) is 17.2. The first-order chi connectivity index (χ1) is 12.2. The van der Waals surface area contributed by atoms with Gasteiger partial charge in [-0.15, -0.1) is 0 Å².